The van der Waals surface area contributed by atoms with Gasteiger partial charge in [-0.15, -0.1) is 0 Å². The third-order valence-corrected chi connectivity index (χ3v) is 3.26. The predicted octanol–water partition coefficient (Wildman–Crippen LogP) is 3.67. The summed E-state index contributed by atoms with van der Waals surface area (Å²) >= 11 is 3.49. The number of aryl methyl sites for hydroxylation is 1. The van der Waals surface area contributed by atoms with Gasteiger partial charge in [0, 0.05) is 4.47 Å². The topological polar surface area (TPSA) is 33.0 Å². The average molecular weight is 268 g/mol. The number of nitriles is 1. The Balaban J connectivity index is 3.19. The molecule has 1 aromatic carbocycles. The van der Waals surface area contributed by atoms with E-state index in [-0.39, 0.29) is 0 Å². The fraction of sp³-hybridized carbons (Fsp3) is 0.417. The van der Waals surface area contributed by atoms with E-state index in [0.29, 0.717) is 0 Å². The van der Waals surface area contributed by atoms with E-state index in [1.807, 2.05) is 26.8 Å². The highest BCUT2D eigenvalue weighted by Gasteiger charge is 2.12. The lowest BCUT2D eigenvalue weighted by molar-refractivity contribution is 0.272. The van der Waals surface area contributed by atoms with Gasteiger partial charge in [0.05, 0.1) is 0 Å². The number of nitrogens with zero attached hydrogens (tertiary/aromatic N) is 1. The summed E-state index contributed by atoms with van der Waals surface area (Å²) in [5.41, 5.74) is 3.29. The van der Waals surface area contributed by atoms with Gasteiger partial charge >= 0.3 is 0 Å². The van der Waals surface area contributed by atoms with Crippen LogP contribution in [0.1, 0.15) is 23.6 Å². The van der Waals surface area contributed by atoms with E-state index < -0.39 is 6.10 Å². The molecule has 0 amide bonds. The van der Waals surface area contributed by atoms with E-state index in [2.05, 4.69) is 22.0 Å². The summed E-state index contributed by atoms with van der Waals surface area (Å²) in [6, 6.07) is 4.08. The van der Waals surface area contributed by atoms with Crippen LogP contribution in [0, 0.1) is 32.1 Å². The Morgan fingerprint density at radius 1 is 1.33 bits per heavy atom. The minimum absolute atomic E-state index is 0.414. The normalized spacial score (nSPS) is 12.0. The van der Waals surface area contributed by atoms with Gasteiger partial charge in [0.2, 0.25) is 0 Å². The first-order chi connectivity index (χ1) is 6.97. The number of rotatable bonds is 2. The molecular formula is C12H14BrNO. The highest BCUT2D eigenvalue weighted by molar-refractivity contribution is 9.10. The monoisotopic (exact) mass is 267 g/mol. The SMILES string of the molecule is Cc1cc(Br)c(C)c(C)c1OC(C)C#N. The molecular weight excluding hydrogens is 254 g/mol. The zero-order valence-electron chi connectivity index (χ0n) is 9.39. The Morgan fingerprint density at radius 2 is 1.93 bits per heavy atom. The summed E-state index contributed by atoms with van der Waals surface area (Å²) < 4.78 is 6.66. The quantitative estimate of drug-likeness (QED) is 0.819. The van der Waals surface area contributed by atoms with Crippen molar-refractivity contribution in [2.24, 2.45) is 0 Å². The van der Waals surface area contributed by atoms with Crippen molar-refractivity contribution < 1.29 is 4.74 Å². The van der Waals surface area contributed by atoms with E-state index in [9.17, 15) is 0 Å². The van der Waals surface area contributed by atoms with Crippen molar-refractivity contribution in [3.63, 3.8) is 0 Å². The van der Waals surface area contributed by atoms with Crippen LogP contribution < -0.4 is 4.74 Å². The van der Waals surface area contributed by atoms with E-state index in [1.54, 1.807) is 6.92 Å². The van der Waals surface area contributed by atoms with E-state index in [1.165, 1.54) is 0 Å². The molecule has 1 rings (SSSR count). The Labute approximate surface area is 99.0 Å². The predicted molar refractivity (Wildman–Crippen MR) is 64.1 cm³/mol. The van der Waals surface area contributed by atoms with Crippen molar-refractivity contribution in [2.75, 3.05) is 0 Å². The van der Waals surface area contributed by atoms with Gasteiger partial charge in [-0.25, -0.2) is 0 Å². The van der Waals surface area contributed by atoms with E-state index >= 15 is 0 Å². The molecule has 0 aliphatic rings. The third kappa shape index (κ3) is 2.51. The molecule has 0 saturated carbocycles. The Bertz CT molecular complexity index is 421. The number of halogens is 1. The number of hydrogen-bond acceptors (Lipinski definition) is 2. The van der Waals surface area contributed by atoms with Gasteiger partial charge in [0.15, 0.2) is 6.10 Å². The first-order valence-electron chi connectivity index (χ1n) is 4.80. The standard InChI is InChI=1S/C12H14BrNO/c1-7-5-11(13)9(3)10(4)12(7)15-8(2)6-14/h5,8H,1-4H3. The molecule has 0 aliphatic heterocycles. The van der Waals surface area contributed by atoms with Gasteiger partial charge in [-0.2, -0.15) is 5.26 Å². The van der Waals surface area contributed by atoms with Crippen molar-refractivity contribution >= 4 is 15.9 Å². The van der Waals surface area contributed by atoms with Crippen molar-refractivity contribution in [3.05, 3.63) is 27.2 Å². The lowest BCUT2D eigenvalue weighted by atomic mass is 10.1. The highest BCUT2D eigenvalue weighted by Crippen LogP contribution is 2.32. The fourth-order valence-corrected chi connectivity index (χ4v) is 2.03. The van der Waals surface area contributed by atoms with E-state index in [0.717, 1.165) is 26.9 Å². The lowest BCUT2D eigenvalue weighted by Gasteiger charge is -2.16. The lowest BCUT2D eigenvalue weighted by Crippen LogP contribution is -2.10. The Hall–Kier alpha value is -1.01. The number of hydrogen-bond donors (Lipinski definition) is 0. The van der Waals surface area contributed by atoms with Crippen LogP contribution in [0.2, 0.25) is 0 Å². The molecule has 0 aliphatic carbocycles. The molecule has 1 aromatic rings. The average Bonchev–Trinajstić information content (AvgIpc) is 2.21. The number of benzene rings is 1. The second-order valence-electron chi connectivity index (χ2n) is 3.64. The zero-order chi connectivity index (χ0) is 11.6. The maximum Gasteiger partial charge on any atom is 0.181 e. The van der Waals surface area contributed by atoms with Crippen LogP contribution >= 0.6 is 15.9 Å². The van der Waals surface area contributed by atoms with Crippen LogP contribution in [0.4, 0.5) is 0 Å². The maximum absolute atomic E-state index is 8.72. The van der Waals surface area contributed by atoms with E-state index in [4.69, 9.17) is 10.00 Å². The minimum atomic E-state index is -0.414. The molecule has 0 fully saturated rings. The molecule has 1 unspecified atom stereocenters. The summed E-state index contributed by atoms with van der Waals surface area (Å²) in [4.78, 5) is 0. The molecule has 0 saturated heterocycles. The van der Waals surface area contributed by atoms with Crippen LogP contribution in [-0.2, 0) is 0 Å². The smallest absolute Gasteiger partial charge is 0.181 e. The van der Waals surface area contributed by atoms with Gasteiger partial charge in [0.25, 0.3) is 0 Å². The molecule has 2 nitrogen and oxygen atoms in total. The van der Waals surface area contributed by atoms with Crippen LogP contribution in [0.25, 0.3) is 0 Å². The van der Waals surface area contributed by atoms with Gasteiger partial charge in [-0.3, -0.25) is 0 Å². The van der Waals surface area contributed by atoms with Gasteiger partial charge < -0.3 is 4.74 Å². The second-order valence-corrected chi connectivity index (χ2v) is 4.50. The zero-order valence-corrected chi connectivity index (χ0v) is 11.0. The molecule has 0 spiro atoms. The molecule has 15 heavy (non-hydrogen) atoms. The van der Waals surface area contributed by atoms with Gasteiger partial charge in [0.1, 0.15) is 11.8 Å². The summed E-state index contributed by atoms with van der Waals surface area (Å²) in [7, 11) is 0. The molecule has 0 radical (unpaired) electrons. The molecule has 0 aromatic heterocycles. The molecule has 0 N–H and O–H groups in total. The highest BCUT2D eigenvalue weighted by atomic mass is 79.9. The Kier molecular flexibility index (Phi) is 3.76. The van der Waals surface area contributed by atoms with Crippen molar-refractivity contribution in [3.8, 4) is 11.8 Å². The van der Waals surface area contributed by atoms with Gasteiger partial charge in [-0.1, -0.05) is 15.9 Å². The van der Waals surface area contributed by atoms with Gasteiger partial charge in [-0.05, 0) is 50.5 Å². The first kappa shape index (κ1) is 12.1. The van der Waals surface area contributed by atoms with Crippen molar-refractivity contribution in [1.82, 2.24) is 0 Å². The van der Waals surface area contributed by atoms with Crippen molar-refractivity contribution in [1.29, 1.82) is 5.26 Å². The largest absolute Gasteiger partial charge is 0.475 e. The summed E-state index contributed by atoms with van der Waals surface area (Å²) in [5, 5.41) is 8.72. The van der Waals surface area contributed by atoms with Crippen LogP contribution in [0.3, 0.4) is 0 Å². The van der Waals surface area contributed by atoms with Crippen molar-refractivity contribution in [2.45, 2.75) is 33.8 Å². The van der Waals surface area contributed by atoms with Crippen LogP contribution in [0.5, 0.6) is 5.75 Å². The fourth-order valence-electron chi connectivity index (χ4n) is 1.39. The summed E-state index contributed by atoms with van der Waals surface area (Å²) in [5.74, 6) is 0.824. The summed E-state index contributed by atoms with van der Waals surface area (Å²) in [6.45, 7) is 7.77. The molecule has 0 heterocycles. The molecule has 0 bridgehead atoms. The maximum atomic E-state index is 8.72. The van der Waals surface area contributed by atoms with Crippen LogP contribution in [0.15, 0.2) is 10.5 Å². The molecule has 3 heteroatoms. The summed E-state index contributed by atoms with van der Waals surface area (Å²) in [6.07, 6.45) is -0.414. The minimum Gasteiger partial charge on any atom is -0.475 e. The second kappa shape index (κ2) is 4.67. The Morgan fingerprint density at radius 3 is 2.47 bits per heavy atom. The van der Waals surface area contributed by atoms with Crippen LogP contribution in [-0.4, -0.2) is 6.10 Å². The molecule has 1 atom stereocenters. The molecule has 80 valence electrons. The third-order valence-electron chi connectivity index (χ3n) is 2.44. The first-order valence-corrected chi connectivity index (χ1v) is 5.59. The number of ether oxygens (including phenoxy) is 1.